The second-order valence-corrected chi connectivity index (χ2v) is 3.17. The maximum absolute atomic E-state index is 4.96. The Morgan fingerprint density at radius 3 is 2.54 bits per heavy atom. The molecule has 1 nitrogen and oxygen atoms in total. The van der Waals surface area contributed by atoms with Crippen molar-refractivity contribution in [3.8, 4) is 0 Å². The molecule has 76 valence electrons. The van der Waals surface area contributed by atoms with E-state index in [1.165, 1.54) is 44.8 Å². The van der Waals surface area contributed by atoms with Gasteiger partial charge < -0.3 is 4.74 Å². The Kier molecular flexibility index (Phi) is 10.7. The fourth-order valence-electron chi connectivity index (χ4n) is 1.18. The minimum atomic E-state index is 0.665. The molecule has 0 rings (SSSR count). The van der Waals surface area contributed by atoms with Crippen molar-refractivity contribution in [3.05, 3.63) is 25.0 Å². The van der Waals surface area contributed by atoms with E-state index in [2.05, 4.69) is 25.7 Å². The van der Waals surface area contributed by atoms with E-state index in [4.69, 9.17) is 4.74 Å². The molecule has 0 amide bonds. The molecule has 0 bridgehead atoms. The third kappa shape index (κ3) is 11.3. The number of ether oxygens (including phenoxy) is 1. The average molecular weight is 182 g/mol. The highest BCUT2D eigenvalue weighted by Crippen LogP contribution is 2.05. The number of unbranched alkanes of at least 4 members (excludes halogenated alkanes) is 5. The Balaban J connectivity index is 2.97. The van der Waals surface area contributed by atoms with Crippen LogP contribution in [0.25, 0.3) is 0 Å². The van der Waals surface area contributed by atoms with Gasteiger partial charge in [-0.1, -0.05) is 51.3 Å². The molecule has 0 aromatic carbocycles. The molecule has 0 aliphatic heterocycles. The first-order chi connectivity index (χ1) is 6.41. The van der Waals surface area contributed by atoms with Crippen LogP contribution in [0, 0.1) is 0 Å². The second-order valence-electron chi connectivity index (χ2n) is 3.17. The lowest BCUT2D eigenvalue weighted by molar-refractivity contribution is 0.291. The summed E-state index contributed by atoms with van der Waals surface area (Å²) in [6.45, 7) is 6.38. The van der Waals surface area contributed by atoms with Gasteiger partial charge in [0.25, 0.3) is 0 Å². The minimum Gasteiger partial charge on any atom is -0.498 e. The van der Waals surface area contributed by atoms with Gasteiger partial charge in [0.2, 0.25) is 0 Å². The summed E-state index contributed by atoms with van der Waals surface area (Å²) in [5.41, 5.74) is 0. The molecule has 0 spiro atoms. The first kappa shape index (κ1) is 12.3. The van der Waals surface area contributed by atoms with Gasteiger partial charge in [-0.3, -0.25) is 0 Å². The van der Waals surface area contributed by atoms with E-state index in [1.54, 1.807) is 0 Å². The Morgan fingerprint density at radius 2 is 1.85 bits per heavy atom. The van der Waals surface area contributed by atoms with Crippen LogP contribution in [0.3, 0.4) is 0 Å². The van der Waals surface area contributed by atoms with Gasteiger partial charge in [-0.2, -0.15) is 0 Å². The molecule has 0 saturated heterocycles. The third-order valence-electron chi connectivity index (χ3n) is 1.95. The van der Waals surface area contributed by atoms with E-state index >= 15 is 0 Å². The van der Waals surface area contributed by atoms with Gasteiger partial charge in [0.05, 0.1) is 6.26 Å². The molecule has 0 heterocycles. The number of hydrogen-bond acceptors (Lipinski definition) is 1. The summed E-state index contributed by atoms with van der Waals surface area (Å²) in [4.78, 5) is 0. The summed E-state index contributed by atoms with van der Waals surface area (Å²) in [6, 6.07) is 0. The summed E-state index contributed by atoms with van der Waals surface area (Å²) in [5.74, 6) is 0. The molecule has 0 atom stereocenters. The molecule has 1 heteroatoms. The van der Waals surface area contributed by atoms with Crippen molar-refractivity contribution in [1.29, 1.82) is 0 Å². The molecule has 0 aliphatic carbocycles. The minimum absolute atomic E-state index is 0.665. The van der Waals surface area contributed by atoms with Crippen LogP contribution in [-0.4, -0.2) is 6.61 Å². The first-order valence-corrected chi connectivity index (χ1v) is 5.29. The quantitative estimate of drug-likeness (QED) is 0.297. The summed E-state index contributed by atoms with van der Waals surface area (Å²) < 4.78 is 4.96. The Morgan fingerprint density at radius 1 is 1.08 bits per heavy atom. The van der Waals surface area contributed by atoms with Gasteiger partial charge in [-0.15, -0.1) is 0 Å². The van der Waals surface area contributed by atoms with Gasteiger partial charge in [-0.05, 0) is 12.8 Å². The highest BCUT2D eigenvalue weighted by atomic mass is 16.5. The maximum Gasteiger partial charge on any atom is 0.105 e. The van der Waals surface area contributed by atoms with Crippen LogP contribution in [0.15, 0.2) is 25.0 Å². The van der Waals surface area contributed by atoms with Crippen LogP contribution in [-0.2, 0) is 4.74 Å². The molecule has 0 radical (unpaired) electrons. The van der Waals surface area contributed by atoms with Crippen molar-refractivity contribution >= 4 is 0 Å². The predicted octanol–water partition coefficient (Wildman–Crippen LogP) is 4.06. The summed E-state index contributed by atoms with van der Waals surface area (Å²) in [6.07, 6.45) is 13.7. The van der Waals surface area contributed by atoms with E-state index in [0.717, 1.165) is 0 Å². The SMILES string of the molecule is C=COC/C=C/CCCCCCC. The summed E-state index contributed by atoms with van der Waals surface area (Å²) in [5, 5.41) is 0. The standard InChI is InChI=1S/C12H22O/c1-3-5-6-7-8-9-10-11-12-13-4-2/h4,10-11H,2-3,5-9,12H2,1H3/b11-10+. The highest BCUT2D eigenvalue weighted by molar-refractivity contribution is 4.81. The summed E-state index contributed by atoms with van der Waals surface area (Å²) in [7, 11) is 0. The fourth-order valence-corrected chi connectivity index (χ4v) is 1.18. The van der Waals surface area contributed by atoms with Crippen molar-refractivity contribution < 1.29 is 4.74 Å². The monoisotopic (exact) mass is 182 g/mol. The molecule has 13 heavy (non-hydrogen) atoms. The summed E-state index contributed by atoms with van der Waals surface area (Å²) >= 11 is 0. The first-order valence-electron chi connectivity index (χ1n) is 5.29. The predicted molar refractivity (Wildman–Crippen MR) is 58.7 cm³/mol. The number of hydrogen-bond donors (Lipinski definition) is 0. The van der Waals surface area contributed by atoms with Crippen LogP contribution in [0.2, 0.25) is 0 Å². The van der Waals surface area contributed by atoms with Crippen LogP contribution >= 0.6 is 0 Å². The van der Waals surface area contributed by atoms with Crippen molar-refractivity contribution in [2.75, 3.05) is 6.61 Å². The number of rotatable bonds is 9. The van der Waals surface area contributed by atoms with Crippen molar-refractivity contribution in [2.24, 2.45) is 0 Å². The van der Waals surface area contributed by atoms with Gasteiger partial charge in [0.1, 0.15) is 6.61 Å². The van der Waals surface area contributed by atoms with Crippen molar-refractivity contribution in [2.45, 2.75) is 45.4 Å². The fraction of sp³-hybridized carbons (Fsp3) is 0.667. The van der Waals surface area contributed by atoms with Gasteiger partial charge in [-0.25, -0.2) is 0 Å². The maximum atomic E-state index is 4.96. The average Bonchev–Trinajstić information content (AvgIpc) is 2.16. The smallest absolute Gasteiger partial charge is 0.105 e. The molecule has 0 fully saturated rings. The molecule has 0 N–H and O–H groups in total. The molecule has 0 unspecified atom stereocenters. The number of allylic oxidation sites excluding steroid dienone is 1. The van der Waals surface area contributed by atoms with E-state index < -0.39 is 0 Å². The Hall–Kier alpha value is -0.720. The highest BCUT2D eigenvalue weighted by Gasteiger charge is 1.85. The Labute approximate surface area is 82.5 Å². The zero-order chi connectivity index (χ0) is 9.78. The van der Waals surface area contributed by atoms with Crippen molar-refractivity contribution in [3.63, 3.8) is 0 Å². The van der Waals surface area contributed by atoms with E-state index in [0.29, 0.717) is 6.61 Å². The van der Waals surface area contributed by atoms with Crippen LogP contribution in [0.5, 0.6) is 0 Å². The molecule has 0 aromatic rings. The molecular formula is C12H22O. The topological polar surface area (TPSA) is 9.23 Å². The largest absolute Gasteiger partial charge is 0.498 e. The van der Waals surface area contributed by atoms with Crippen LogP contribution in [0.1, 0.15) is 45.4 Å². The zero-order valence-corrected chi connectivity index (χ0v) is 8.80. The van der Waals surface area contributed by atoms with Crippen LogP contribution in [0.4, 0.5) is 0 Å². The van der Waals surface area contributed by atoms with Gasteiger partial charge in [0, 0.05) is 0 Å². The molecular weight excluding hydrogens is 160 g/mol. The lowest BCUT2D eigenvalue weighted by atomic mass is 10.1. The van der Waals surface area contributed by atoms with Crippen molar-refractivity contribution in [1.82, 2.24) is 0 Å². The lowest BCUT2D eigenvalue weighted by Crippen LogP contribution is -1.80. The van der Waals surface area contributed by atoms with E-state index in [1.807, 2.05) is 0 Å². The van der Waals surface area contributed by atoms with Gasteiger partial charge in [0.15, 0.2) is 0 Å². The lowest BCUT2D eigenvalue weighted by Gasteiger charge is -1.96. The zero-order valence-electron chi connectivity index (χ0n) is 8.80. The normalized spacial score (nSPS) is 10.5. The van der Waals surface area contributed by atoms with Gasteiger partial charge >= 0.3 is 0 Å². The second kappa shape index (κ2) is 11.3. The third-order valence-corrected chi connectivity index (χ3v) is 1.95. The Bertz CT molecular complexity index is 127. The van der Waals surface area contributed by atoms with Crippen LogP contribution < -0.4 is 0 Å². The van der Waals surface area contributed by atoms with E-state index in [-0.39, 0.29) is 0 Å². The van der Waals surface area contributed by atoms with E-state index in [9.17, 15) is 0 Å². The molecule has 0 aromatic heterocycles. The molecule has 0 saturated carbocycles. The molecule has 0 aliphatic rings.